The summed E-state index contributed by atoms with van der Waals surface area (Å²) in [5, 5.41) is 2.90. The van der Waals surface area contributed by atoms with Crippen molar-refractivity contribution in [2.24, 2.45) is 5.73 Å². The van der Waals surface area contributed by atoms with Crippen LogP contribution in [0.3, 0.4) is 0 Å². The average molecular weight is 319 g/mol. The van der Waals surface area contributed by atoms with Crippen molar-refractivity contribution in [2.75, 3.05) is 13.6 Å². The van der Waals surface area contributed by atoms with Crippen LogP contribution in [0, 0.1) is 0 Å². The van der Waals surface area contributed by atoms with Gasteiger partial charge in [-0.15, -0.1) is 0 Å². The van der Waals surface area contributed by atoms with Crippen molar-refractivity contribution >= 4 is 12.0 Å². The third kappa shape index (κ3) is 4.96. The van der Waals surface area contributed by atoms with Gasteiger partial charge in [-0.05, 0) is 18.4 Å². The van der Waals surface area contributed by atoms with E-state index in [4.69, 9.17) is 10.5 Å². The molecular formula is C17H25N3O3. The Morgan fingerprint density at radius 3 is 2.65 bits per heavy atom. The summed E-state index contributed by atoms with van der Waals surface area (Å²) in [5.41, 5.74) is 6.38. The average Bonchev–Trinajstić information content (AvgIpc) is 2.60. The Morgan fingerprint density at radius 2 is 1.96 bits per heavy atom. The summed E-state index contributed by atoms with van der Waals surface area (Å²) in [4.78, 5) is 25.5. The fourth-order valence-corrected chi connectivity index (χ4v) is 2.99. The zero-order chi connectivity index (χ0) is 16.7. The number of nitrogens with two attached hydrogens (primary N) is 1. The van der Waals surface area contributed by atoms with Gasteiger partial charge in [0, 0.05) is 7.05 Å². The normalized spacial score (nSPS) is 20.6. The highest BCUT2D eigenvalue weighted by Gasteiger charge is 2.31. The smallest absolute Gasteiger partial charge is 0.407 e. The Hall–Kier alpha value is -2.08. The van der Waals surface area contributed by atoms with Crippen LogP contribution in [-0.4, -0.2) is 42.6 Å². The number of alkyl carbamates (subject to hydrolysis) is 1. The number of hydrogen-bond acceptors (Lipinski definition) is 4. The van der Waals surface area contributed by atoms with Crippen LogP contribution in [0.25, 0.3) is 0 Å². The van der Waals surface area contributed by atoms with E-state index in [0.29, 0.717) is 0 Å². The van der Waals surface area contributed by atoms with Gasteiger partial charge in [0.25, 0.3) is 0 Å². The van der Waals surface area contributed by atoms with Crippen molar-refractivity contribution in [3.63, 3.8) is 0 Å². The molecule has 0 aliphatic heterocycles. The predicted molar refractivity (Wildman–Crippen MR) is 87.6 cm³/mol. The van der Waals surface area contributed by atoms with Gasteiger partial charge in [-0.2, -0.15) is 0 Å². The minimum Gasteiger partial charge on any atom is -0.445 e. The molecule has 1 aliphatic carbocycles. The van der Waals surface area contributed by atoms with E-state index < -0.39 is 6.09 Å². The number of benzene rings is 1. The molecule has 0 saturated heterocycles. The van der Waals surface area contributed by atoms with E-state index in [1.165, 1.54) is 0 Å². The molecule has 0 heterocycles. The molecule has 6 heteroatoms. The van der Waals surface area contributed by atoms with Crippen LogP contribution in [0.2, 0.25) is 0 Å². The SMILES string of the molecule is CN(C(=O)CN)[C@@H]1CCCC[C@@H]1NC(=O)OCc1ccccc1. The number of hydrogen-bond donors (Lipinski definition) is 2. The maximum atomic E-state index is 12.0. The van der Waals surface area contributed by atoms with E-state index in [1.54, 1.807) is 11.9 Å². The molecule has 126 valence electrons. The van der Waals surface area contributed by atoms with Crippen LogP contribution < -0.4 is 11.1 Å². The molecule has 1 aromatic carbocycles. The number of rotatable bonds is 5. The minimum absolute atomic E-state index is 0.0157. The number of amides is 2. The highest BCUT2D eigenvalue weighted by Crippen LogP contribution is 2.22. The molecule has 23 heavy (non-hydrogen) atoms. The van der Waals surface area contributed by atoms with Gasteiger partial charge in [0.1, 0.15) is 6.61 Å². The lowest BCUT2D eigenvalue weighted by atomic mass is 9.89. The lowest BCUT2D eigenvalue weighted by Crippen LogP contribution is -2.54. The van der Waals surface area contributed by atoms with Crippen molar-refractivity contribution < 1.29 is 14.3 Å². The number of nitrogens with one attached hydrogen (secondary N) is 1. The predicted octanol–water partition coefficient (Wildman–Crippen LogP) is 1.64. The summed E-state index contributed by atoms with van der Waals surface area (Å²) in [6.45, 7) is 0.222. The fraction of sp³-hybridized carbons (Fsp3) is 0.529. The van der Waals surface area contributed by atoms with Crippen LogP contribution in [0.4, 0.5) is 4.79 Å². The fourth-order valence-electron chi connectivity index (χ4n) is 2.99. The molecule has 1 saturated carbocycles. The first-order valence-corrected chi connectivity index (χ1v) is 8.04. The molecule has 2 rings (SSSR count). The zero-order valence-electron chi connectivity index (χ0n) is 13.5. The maximum absolute atomic E-state index is 12.0. The van der Waals surface area contributed by atoms with Gasteiger partial charge < -0.3 is 20.7 Å². The first-order chi connectivity index (χ1) is 11.1. The highest BCUT2D eigenvalue weighted by molar-refractivity contribution is 5.78. The maximum Gasteiger partial charge on any atom is 0.407 e. The Balaban J connectivity index is 1.88. The lowest BCUT2D eigenvalue weighted by Gasteiger charge is -2.38. The molecule has 0 radical (unpaired) electrons. The van der Waals surface area contributed by atoms with Crippen molar-refractivity contribution in [3.8, 4) is 0 Å². The van der Waals surface area contributed by atoms with Crippen LogP contribution >= 0.6 is 0 Å². The Labute approximate surface area is 137 Å². The number of likely N-dealkylation sites (N-methyl/N-ethyl adjacent to an activating group) is 1. The van der Waals surface area contributed by atoms with Gasteiger partial charge >= 0.3 is 6.09 Å². The van der Waals surface area contributed by atoms with Crippen LogP contribution in [0.5, 0.6) is 0 Å². The molecule has 0 bridgehead atoms. The monoisotopic (exact) mass is 319 g/mol. The third-order valence-corrected chi connectivity index (χ3v) is 4.31. The summed E-state index contributed by atoms with van der Waals surface area (Å²) >= 11 is 0. The number of carbonyl (C=O) groups excluding carboxylic acids is 2. The molecule has 0 spiro atoms. The molecule has 1 aromatic rings. The molecule has 0 unspecified atom stereocenters. The van der Waals surface area contributed by atoms with Gasteiger partial charge in [-0.25, -0.2) is 4.79 Å². The minimum atomic E-state index is -0.445. The highest BCUT2D eigenvalue weighted by atomic mass is 16.5. The third-order valence-electron chi connectivity index (χ3n) is 4.31. The van der Waals surface area contributed by atoms with Crippen LogP contribution in [0.15, 0.2) is 30.3 Å². The van der Waals surface area contributed by atoms with E-state index in [1.807, 2.05) is 30.3 Å². The first-order valence-electron chi connectivity index (χ1n) is 8.04. The van der Waals surface area contributed by atoms with Gasteiger partial charge in [0.15, 0.2) is 0 Å². The largest absolute Gasteiger partial charge is 0.445 e. The van der Waals surface area contributed by atoms with E-state index in [-0.39, 0.29) is 31.1 Å². The van der Waals surface area contributed by atoms with E-state index in [9.17, 15) is 9.59 Å². The standard InChI is InChI=1S/C17H25N3O3/c1-20(16(21)11-18)15-10-6-5-9-14(15)19-17(22)23-12-13-7-3-2-4-8-13/h2-4,7-8,14-15H,5-6,9-12,18H2,1H3,(H,19,22)/t14-,15+/m0/s1. The Kier molecular flexibility index (Phi) is 6.40. The molecule has 3 N–H and O–H groups in total. The topological polar surface area (TPSA) is 84.7 Å². The number of ether oxygens (including phenoxy) is 1. The second-order valence-electron chi connectivity index (χ2n) is 5.87. The second kappa shape index (κ2) is 8.53. The first kappa shape index (κ1) is 17.3. The van der Waals surface area contributed by atoms with E-state index in [0.717, 1.165) is 31.2 Å². The lowest BCUT2D eigenvalue weighted by molar-refractivity contribution is -0.131. The molecular weight excluding hydrogens is 294 g/mol. The van der Waals surface area contributed by atoms with Gasteiger partial charge in [0.2, 0.25) is 5.91 Å². The van der Waals surface area contributed by atoms with Gasteiger partial charge in [-0.3, -0.25) is 4.79 Å². The van der Waals surface area contributed by atoms with Crippen molar-refractivity contribution in [1.29, 1.82) is 0 Å². The summed E-state index contributed by atoms with van der Waals surface area (Å²) < 4.78 is 5.27. The molecule has 1 aliphatic rings. The zero-order valence-corrected chi connectivity index (χ0v) is 13.5. The van der Waals surface area contributed by atoms with Crippen molar-refractivity contribution in [1.82, 2.24) is 10.2 Å². The van der Waals surface area contributed by atoms with Crippen LogP contribution in [0.1, 0.15) is 31.2 Å². The summed E-state index contributed by atoms with van der Waals surface area (Å²) in [7, 11) is 1.75. The second-order valence-corrected chi connectivity index (χ2v) is 5.87. The summed E-state index contributed by atoms with van der Waals surface area (Å²) in [6, 6.07) is 9.42. The molecule has 2 atom stereocenters. The van der Waals surface area contributed by atoms with E-state index >= 15 is 0 Å². The molecule has 1 fully saturated rings. The number of carbonyl (C=O) groups is 2. The van der Waals surface area contributed by atoms with Gasteiger partial charge in [0.05, 0.1) is 18.6 Å². The Morgan fingerprint density at radius 1 is 1.26 bits per heavy atom. The molecule has 2 amide bonds. The summed E-state index contributed by atoms with van der Waals surface area (Å²) in [6.07, 6.45) is 3.34. The molecule has 6 nitrogen and oxygen atoms in total. The van der Waals surface area contributed by atoms with Crippen LogP contribution in [-0.2, 0) is 16.1 Å². The van der Waals surface area contributed by atoms with Crippen molar-refractivity contribution in [3.05, 3.63) is 35.9 Å². The molecule has 0 aromatic heterocycles. The van der Waals surface area contributed by atoms with Crippen molar-refractivity contribution in [2.45, 2.75) is 44.4 Å². The van der Waals surface area contributed by atoms with Gasteiger partial charge in [-0.1, -0.05) is 43.2 Å². The summed E-state index contributed by atoms with van der Waals surface area (Å²) in [5.74, 6) is -0.110. The number of nitrogens with zero attached hydrogens (tertiary/aromatic N) is 1. The van der Waals surface area contributed by atoms with E-state index in [2.05, 4.69) is 5.32 Å². The Bertz CT molecular complexity index is 521. The quantitative estimate of drug-likeness (QED) is 0.864.